The van der Waals surface area contributed by atoms with Crippen LogP contribution < -0.4 is 11.1 Å². The Morgan fingerprint density at radius 1 is 1.00 bits per heavy atom. The van der Waals surface area contributed by atoms with Crippen molar-refractivity contribution in [2.75, 3.05) is 5.32 Å². The summed E-state index contributed by atoms with van der Waals surface area (Å²) in [5.74, 6) is -0.392. The summed E-state index contributed by atoms with van der Waals surface area (Å²) in [4.78, 5) is 11.2. The van der Waals surface area contributed by atoms with E-state index in [-0.39, 0.29) is 0 Å². The number of aryl methyl sites for hydroxylation is 2. The lowest BCUT2D eigenvalue weighted by Gasteiger charge is -2.10. The van der Waals surface area contributed by atoms with Crippen LogP contribution in [0, 0.1) is 0 Å². The molecular formula is C15H14N2O. The van der Waals surface area contributed by atoms with Crippen LogP contribution in [-0.2, 0) is 12.8 Å². The SMILES string of the molecule is NC(=O)c1ccc2c(c1)Nc1ccccc1CC2. The quantitative estimate of drug-likeness (QED) is 0.802. The molecule has 0 atom stereocenters. The number of nitrogens with one attached hydrogen (secondary N) is 1. The van der Waals surface area contributed by atoms with Crippen molar-refractivity contribution >= 4 is 17.3 Å². The Balaban J connectivity index is 2.07. The number of rotatable bonds is 1. The first-order valence-corrected chi connectivity index (χ1v) is 6.02. The molecule has 0 unspecified atom stereocenters. The Hall–Kier alpha value is -2.29. The molecule has 0 aromatic heterocycles. The van der Waals surface area contributed by atoms with E-state index in [4.69, 9.17) is 5.73 Å². The largest absolute Gasteiger partial charge is 0.366 e. The molecular weight excluding hydrogens is 224 g/mol. The first-order chi connectivity index (χ1) is 8.74. The van der Waals surface area contributed by atoms with Crippen molar-refractivity contribution in [1.82, 2.24) is 0 Å². The molecule has 0 aliphatic carbocycles. The van der Waals surface area contributed by atoms with Crippen molar-refractivity contribution in [3.05, 3.63) is 59.2 Å². The topological polar surface area (TPSA) is 55.1 Å². The average Bonchev–Trinajstić information content (AvgIpc) is 2.56. The summed E-state index contributed by atoms with van der Waals surface area (Å²) < 4.78 is 0. The third-order valence-electron chi connectivity index (χ3n) is 3.34. The standard InChI is InChI=1S/C15H14N2O/c16-15(18)12-8-7-11-6-5-10-3-1-2-4-13(10)17-14(11)9-12/h1-4,7-9,17H,5-6H2,(H2,16,18). The van der Waals surface area contributed by atoms with Gasteiger partial charge < -0.3 is 11.1 Å². The van der Waals surface area contributed by atoms with Crippen molar-refractivity contribution in [3.8, 4) is 0 Å². The number of nitrogens with two attached hydrogens (primary N) is 1. The number of carbonyl (C=O) groups is 1. The van der Waals surface area contributed by atoms with Gasteiger partial charge in [0.1, 0.15) is 0 Å². The fraction of sp³-hybridized carbons (Fsp3) is 0.133. The highest BCUT2D eigenvalue weighted by atomic mass is 16.1. The number of benzene rings is 2. The summed E-state index contributed by atoms with van der Waals surface area (Å²) in [7, 11) is 0. The van der Waals surface area contributed by atoms with E-state index in [1.54, 1.807) is 6.07 Å². The Labute approximate surface area is 106 Å². The van der Waals surface area contributed by atoms with E-state index in [2.05, 4.69) is 17.4 Å². The molecule has 3 rings (SSSR count). The van der Waals surface area contributed by atoms with Gasteiger partial charge in [-0.15, -0.1) is 0 Å². The summed E-state index contributed by atoms with van der Waals surface area (Å²) in [5.41, 5.74) is 10.5. The second-order valence-electron chi connectivity index (χ2n) is 4.52. The van der Waals surface area contributed by atoms with E-state index in [0.29, 0.717) is 5.56 Å². The van der Waals surface area contributed by atoms with Gasteiger partial charge in [-0.1, -0.05) is 24.3 Å². The van der Waals surface area contributed by atoms with Crippen LogP contribution in [0.4, 0.5) is 11.4 Å². The molecule has 3 nitrogen and oxygen atoms in total. The van der Waals surface area contributed by atoms with E-state index < -0.39 is 5.91 Å². The minimum Gasteiger partial charge on any atom is -0.366 e. The molecule has 0 radical (unpaired) electrons. The highest BCUT2D eigenvalue weighted by Crippen LogP contribution is 2.30. The summed E-state index contributed by atoms with van der Waals surface area (Å²) in [6, 6.07) is 13.8. The Morgan fingerprint density at radius 3 is 2.50 bits per heavy atom. The van der Waals surface area contributed by atoms with Crippen molar-refractivity contribution < 1.29 is 4.79 Å². The van der Waals surface area contributed by atoms with E-state index in [9.17, 15) is 4.79 Å². The molecule has 90 valence electrons. The molecule has 3 heteroatoms. The van der Waals surface area contributed by atoms with E-state index >= 15 is 0 Å². The molecule has 0 saturated heterocycles. The number of amides is 1. The molecule has 0 bridgehead atoms. The van der Waals surface area contributed by atoms with Gasteiger partial charge in [0, 0.05) is 16.9 Å². The Bertz CT molecular complexity index is 620. The molecule has 2 aromatic rings. The molecule has 0 saturated carbocycles. The number of anilines is 2. The normalized spacial score (nSPS) is 12.9. The number of hydrogen-bond acceptors (Lipinski definition) is 2. The lowest BCUT2D eigenvalue weighted by molar-refractivity contribution is 0.100. The summed E-state index contributed by atoms with van der Waals surface area (Å²) in [6.45, 7) is 0. The van der Waals surface area contributed by atoms with Crippen LogP contribution in [0.5, 0.6) is 0 Å². The number of fused-ring (bicyclic) bond motifs is 2. The van der Waals surface area contributed by atoms with Gasteiger partial charge in [-0.3, -0.25) is 4.79 Å². The van der Waals surface area contributed by atoms with Crippen LogP contribution in [0.1, 0.15) is 21.5 Å². The molecule has 18 heavy (non-hydrogen) atoms. The molecule has 2 aromatic carbocycles. The van der Waals surface area contributed by atoms with Crippen LogP contribution in [0.2, 0.25) is 0 Å². The van der Waals surface area contributed by atoms with Crippen molar-refractivity contribution in [3.63, 3.8) is 0 Å². The second kappa shape index (κ2) is 4.18. The van der Waals surface area contributed by atoms with Gasteiger partial charge in [-0.25, -0.2) is 0 Å². The number of hydrogen-bond donors (Lipinski definition) is 2. The van der Waals surface area contributed by atoms with Crippen LogP contribution in [0.3, 0.4) is 0 Å². The lowest BCUT2D eigenvalue weighted by Crippen LogP contribution is -2.11. The first kappa shape index (κ1) is 10.8. The summed E-state index contributed by atoms with van der Waals surface area (Å²) >= 11 is 0. The smallest absolute Gasteiger partial charge is 0.248 e. The number of carbonyl (C=O) groups excluding carboxylic acids is 1. The van der Waals surface area contributed by atoms with E-state index in [0.717, 1.165) is 24.2 Å². The maximum Gasteiger partial charge on any atom is 0.248 e. The predicted molar refractivity (Wildman–Crippen MR) is 72.1 cm³/mol. The van der Waals surface area contributed by atoms with Crippen LogP contribution >= 0.6 is 0 Å². The second-order valence-corrected chi connectivity index (χ2v) is 4.52. The monoisotopic (exact) mass is 238 g/mol. The first-order valence-electron chi connectivity index (χ1n) is 6.02. The molecule has 0 spiro atoms. The van der Waals surface area contributed by atoms with E-state index in [1.165, 1.54) is 11.1 Å². The summed E-state index contributed by atoms with van der Waals surface area (Å²) in [6.07, 6.45) is 1.98. The zero-order valence-electron chi connectivity index (χ0n) is 9.94. The molecule has 3 N–H and O–H groups in total. The third kappa shape index (κ3) is 1.84. The Morgan fingerprint density at radius 2 is 1.72 bits per heavy atom. The van der Waals surface area contributed by atoms with Crippen molar-refractivity contribution in [2.24, 2.45) is 5.73 Å². The van der Waals surface area contributed by atoms with Gasteiger partial charge in [0.2, 0.25) is 5.91 Å². The van der Waals surface area contributed by atoms with Gasteiger partial charge in [-0.05, 0) is 42.2 Å². The molecule has 0 fully saturated rings. The highest BCUT2D eigenvalue weighted by Gasteiger charge is 2.13. The maximum atomic E-state index is 11.2. The highest BCUT2D eigenvalue weighted by molar-refractivity contribution is 5.94. The van der Waals surface area contributed by atoms with Gasteiger partial charge in [0.15, 0.2) is 0 Å². The lowest BCUT2D eigenvalue weighted by atomic mass is 10.0. The van der Waals surface area contributed by atoms with Gasteiger partial charge in [0.25, 0.3) is 0 Å². The molecule has 1 aliphatic rings. The van der Waals surface area contributed by atoms with Gasteiger partial charge in [0.05, 0.1) is 0 Å². The number of primary amides is 1. The minimum absolute atomic E-state index is 0.392. The van der Waals surface area contributed by atoms with Gasteiger partial charge in [-0.2, -0.15) is 0 Å². The van der Waals surface area contributed by atoms with Crippen molar-refractivity contribution in [1.29, 1.82) is 0 Å². The average molecular weight is 238 g/mol. The predicted octanol–water partition coefficient (Wildman–Crippen LogP) is 2.63. The van der Waals surface area contributed by atoms with Crippen LogP contribution in [0.25, 0.3) is 0 Å². The molecule has 1 aliphatic heterocycles. The minimum atomic E-state index is -0.392. The third-order valence-corrected chi connectivity index (χ3v) is 3.34. The fourth-order valence-electron chi connectivity index (χ4n) is 2.34. The molecule has 1 amide bonds. The summed E-state index contributed by atoms with van der Waals surface area (Å²) in [5, 5.41) is 3.39. The Kier molecular flexibility index (Phi) is 2.52. The maximum absolute atomic E-state index is 11.2. The van der Waals surface area contributed by atoms with Crippen LogP contribution in [0.15, 0.2) is 42.5 Å². The zero-order valence-corrected chi connectivity index (χ0v) is 9.94. The van der Waals surface area contributed by atoms with Crippen LogP contribution in [-0.4, -0.2) is 5.91 Å². The number of para-hydroxylation sites is 1. The zero-order chi connectivity index (χ0) is 12.5. The van der Waals surface area contributed by atoms with Gasteiger partial charge >= 0.3 is 0 Å². The molecule has 1 heterocycles. The van der Waals surface area contributed by atoms with Crippen molar-refractivity contribution in [2.45, 2.75) is 12.8 Å². The van der Waals surface area contributed by atoms with E-state index in [1.807, 2.05) is 24.3 Å². The fourth-order valence-corrected chi connectivity index (χ4v) is 2.34.